The molecule has 0 spiro atoms. The molecule has 6 nitrogen and oxygen atoms in total. The minimum absolute atomic E-state index is 0.340. The van der Waals surface area contributed by atoms with Gasteiger partial charge in [0.2, 0.25) is 0 Å². The Morgan fingerprint density at radius 2 is 2.09 bits per heavy atom. The normalized spacial score (nSPS) is 19.2. The number of guanidine groups is 1. The average molecular weight is 339 g/mol. The van der Waals surface area contributed by atoms with Crippen molar-refractivity contribution in [1.29, 1.82) is 0 Å². The van der Waals surface area contributed by atoms with E-state index in [1.54, 1.807) is 26.3 Å². The minimum Gasteiger partial charge on any atom is -0.384 e. The third-order valence-electron chi connectivity index (χ3n) is 4.00. The van der Waals surface area contributed by atoms with Crippen molar-refractivity contribution in [2.24, 2.45) is 10.9 Å². The summed E-state index contributed by atoms with van der Waals surface area (Å²) in [5.41, 5.74) is 1.02. The van der Waals surface area contributed by atoms with Gasteiger partial charge in [-0.3, -0.25) is 4.99 Å². The van der Waals surface area contributed by atoms with E-state index < -0.39 is 9.84 Å². The van der Waals surface area contributed by atoms with Crippen LogP contribution in [0.1, 0.15) is 12.0 Å². The zero-order chi connectivity index (χ0) is 16.9. The van der Waals surface area contributed by atoms with Gasteiger partial charge in [-0.2, -0.15) is 0 Å². The van der Waals surface area contributed by atoms with E-state index in [2.05, 4.69) is 15.2 Å². The number of hydrogen-bond acceptors (Lipinski definition) is 4. The molecule has 0 aromatic heterocycles. The van der Waals surface area contributed by atoms with Crippen LogP contribution in [-0.2, 0) is 21.1 Å². The number of hydrogen-bond donors (Lipinski definition) is 1. The molecule has 0 saturated carbocycles. The number of aliphatic imine (C=N–C) groups is 1. The van der Waals surface area contributed by atoms with Crippen LogP contribution >= 0.6 is 0 Å². The van der Waals surface area contributed by atoms with Crippen molar-refractivity contribution in [1.82, 2.24) is 10.2 Å². The van der Waals surface area contributed by atoms with E-state index in [1.165, 1.54) is 6.26 Å². The van der Waals surface area contributed by atoms with Crippen molar-refractivity contribution in [3.8, 4) is 0 Å². The van der Waals surface area contributed by atoms with Crippen LogP contribution in [-0.4, -0.2) is 59.4 Å². The lowest BCUT2D eigenvalue weighted by Crippen LogP contribution is -2.39. The predicted octanol–water partition coefficient (Wildman–Crippen LogP) is 1.13. The van der Waals surface area contributed by atoms with E-state index in [9.17, 15) is 8.42 Å². The van der Waals surface area contributed by atoms with Gasteiger partial charge in [0.05, 0.1) is 11.5 Å². The third kappa shape index (κ3) is 4.94. The standard InChI is InChI=1S/C16H25N3O3S/c1-17-16(19-9-8-14(11-19)12-22-2)18-10-13-4-6-15(7-5-13)23(3,20)21/h4-7,14H,8-12H2,1-3H3,(H,17,18). The lowest BCUT2D eigenvalue weighted by atomic mass is 10.1. The molecule has 1 aliphatic rings. The van der Waals surface area contributed by atoms with Crippen molar-refractivity contribution in [2.75, 3.05) is 40.1 Å². The van der Waals surface area contributed by atoms with Crippen LogP contribution in [0.5, 0.6) is 0 Å². The number of likely N-dealkylation sites (tertiary alicyclic amines) is 1. The molecule has 1 aromatic rings. The summed E-state index contributed by atoms with van der Waals surface area (Å²) in [4.78, 5) is 6.90. The summed E-state index contributed by atoms with van der Waals surface area (Å²) in [5, 5.41) is 3.33. The second-order valence-corrected chi connectivity index (χ2v) is 7.89. The van der Waals surface area contributed by atoms with Crippen molar-refractivity contribution in [3.05, 3.63) is 29.8 Å². The van der Waals surface area contributed by atoms with Gasteiger partial charge in [-0.05, 0) is 24.1 Å². The monoisotopic (exact) mass is 339 g/mol. The summed E-state index contributed by atoms with van der Waals surface area (Å²) in [6.45, 7) is 3.31. The number of nitrogens with one attached hydrogen (secondary N) is 1. The van der Waals surface area contributed by atoms with Gasteiger partial charge in [0.15, 0.2) is 15.8 Å². The number of ether oxygens (including phenoxy) is 1. The Hall–Kier alpha value is -1.60. The number of sulfone groups is 1. The molecule has 2 rings (SSSR count). The molecule has 1 heterocycles. The van der Waals surface area contributed by atoms with Gasteiger partial charge in [0.25, 0.3) is 0 Å². The first-order valence-electron chi connectivity index (χ1n) is 7.67. The van der Waals surface area contributed by atoms with Crippen molar-refractivity contribution in [3.63, 3.8) is 0 Å². The van der Waals surface area contributed by atoms with Crippen molar-refractivity contribution in [2.45, 2.75) is 17.9 Å². The van der Waals surface area contributed by atoms with Gasteiger partial charge in [-0.1, -0.05) is 12.1 Å². The molecular formula is C16H25N3O3S. The van der Waals surface area contributed by atoms with Crippen LogP contribution in [0.3, 0.4) is 0 Å². The Labute approximate surface area is 138 Å². The zero-order valence-electron chi connectivity index (χ0n) is 13.9. The second kappa shape index (κ2) is 7.79. The molecule has 23 heavy (non-hydrogen) atoms. The van der Waals surface area contributed by atoms with E-state index in [1.807, 2.05) is 12.1 Å². The number of benzene rings is 1. The molecule has 0 aliphatic carbocycles. The molecule has 0 bridgehead atoms. The summed E-state index contributed by atoms with van der Waals surface area (Å²) in [6.07, 6.45) is 2.32. The minimum atomic E-state index is -3.14. The molecule has 0 amide bonds. The Kier molecular flexibility index (Phi) is 6.01. The van der Waals surface area contributed by atoms with Gasteiger partial charge in [0.1, 0.15) is 0 Å². The van der Waals surface area contributed by atoms with Gasteiger partial charge < -0.3 is 15.0 Å². The third-order valence-corrected chi connectivity index (χ3v) is 5.13. The maximum atomic E-state index is 11.5. The molecule has 1 fully saturated rings. The molecule has 1 atom stereocenters. The van der Waals surface area contributed by atoms with Gasteiger partial charge >= 0.3 is 0 Å². The van der Waals surface area contributed by atoms with E-state index in [0.29, 0.717) is 17.4 Å². The van der Waals surface area contributed by atoms with Crippen molar-refractivity contribution < 1.29 is 13.2 Å². The van der Waals surface area contributed by atoms with E-state index >= 15 is 0 Å². The van der Waals surface area contributed by atoms with Crippen LogP contribution in [0.15, 0.2) is 34.2 Å². The topological polar surface area (TPSA) is 71.0 Å². The summed E-state index contributed by atoms with van der Waals surface area (Å²) in [7, 11) is 0.364. The molecule has 0 radical (unpaired) electrons. The maximum absolute atomic E-state index is 11.5. The maximum Gasteiger partial charge on any atom is 0.193 e. The molecule has 1 unspecified atom stereocenters. The fraction of sp³-hybridized carbons (Fsp3) is 0.562. The molecular weight excluding hydrogens is 314 g/mol. The van der Waals surface area contributed by atoms with Crippen LogP contribution < -0.4 is 5.32 Å². The Morgan fingerprint density at radius 1 is 1.39 bits per heavy atom. The quantitative estimate of drug-likeness (QED) is 0.643. The van der Waals surface area contributed by atoms with E-state index in [0.717, 1.165) is 37.6 Å². The summed E-state index contributed by atoms with van der Waals surface area (Å²) in [6, 6.07) is 6.93. The predicted molar refractivity (Wildman–Crippen MR) is 91.3 cm³/mol. The summed E-state index contributed by atoms with van der Waals surface area (Å²) >= 11 is 0. The lowest BCUT2D eigenvalue weighted by Gasteiger charge is -2.21. The summed E-state index contributed by atoms with van der Waals surface area (Å²) < 4.78 is 28.1. The SMILES string of the molecule is CN=C(NCc1ccc(S(C)(=O)=O)cc1)N1CCC(COC)C1. The highest BCUT2D eigenvalue weighted by Crippen LogP contribution is 2.16. The van der Waals surface area contributed by atoms with Crippen LogP contribution in [0.4, 0.5) is 0 Å². The smallest absolute Gasteiger partial charge is 0.193 e. The second-order valence-electron chi connectivity index (χ2n) is 5.87. The van der Waals surface area contributed by atoms with Crippen molar-refractivity contribution >= 4 is 15.8 Å². The fourth-order valence-corrected chi connectivity index (χ4v) is 3.40. The number of nitrogens with zero attached hydrogens (tertiary/aromatic N) is 2. The average Bonchev–Trinajstić information content (AvgIpc) is 2.96. The first-order chi connectivity index (χ1) is 10.9. The van der Waals surface area contributed by atoms with Gasteiger partial charge in [0, 0.05) is 46.0 Å². The molecule has 7 heteroatoms. The molecule has 1 saturated heterocycles. The largest absolute Gasteiger partial charge is 0.384 e. The molecule has 1 N–H and O–H groups in total. The van der Waals surface area contributed by atoms with Crippen LogP contribution in [0, 0.1) is 5.92 Å². The Bertz CT molecular complexity index is 641. The first kappa shape index (κ1) is 17.7. The molecule has 1 aromatic carbocycles. The van der Waals surface area contributed by atoms with Gasteiger partial charge in [-0.15, -0.1) is 0 Å². The zero-order valence-corrected chi connectivity index (χ0v) is 14.8. The molecule has 128 valence electrons. The number of methoxy groups -OCH3 is 1. The van der Waals surface area contributed by atoms with Gasteiger partial charge in [-0.25, -0.2) is 8.42 Å². The molecule has 1 aliphatic heterocycles. The first-order valence-corrected chi connectivity index (χ1v) is 9.56. The Balaban J connectivity index is 1.91. The van der Waals surface area contributed by atoms with Crippen LogP contribution in [0.2, 0.25) is 0 Å². The fourth-order valence-electron chi connectivity index (χ4n) is 2.76. The highest BCUT2D eigenvalue weighted by atomic mass is 32.2. The highest BCUT2D eigenvalue weighted by Gasteiger charge is 2.24. The van der Waals surface area contributed by atoms with Crippen LogP contribution in [0.25, 0.3) is 0 Å². The van der Waals surface area contributed by atoms with E-state index in [4.69, 9.17) is 4.74 Å². The Morgan fingerprint density at radius 3 is 2.65 bits per heavy atom. The highest BCUT2D eigenvalue weighted by molar-refractivity contribution is 7.90. The summed E-state index contributed by atoms with van der Waals surface area (Å²) in [5.74, 6) is 1.42. The lowest BCUT2D eigenvalue weighted by molar-refractivity contribution is 0.157. The number of rotatable bonds is 5. The van der Waals surface area contributed by atoms with E-state index in [-0.39, 0.29) is 0 Å².